The van der Waals surface area contributed by atoms with Crippen molar-refractivity contribution in [2.45, 2.75) is 228 Å². The van der Waals surface area contributed by atoms with E-state index >= 15 is 0 Å². The lowest BCUT2D eigenvalue weighted by Crippen LogP contribution is -2.62. The Morgan fingerprint density at radius 3 is 2.25 bits per heavy atom. The summed E-state index contributed by atoms with van der Waals surface area (Å²) in [6.07, 6.45) is -1.37. The lowest BCUT2D eigenvalue weighted by molar-refractivity contribution is -0.302. The molecule has 1 saturated carbocycles. The van der Waals surface area contributed by atoms with Gasteiger partial charge < -0.3 is 59.0 Å². The van der Waals surface area contributed by atoms with Crippen LogP contribution in [0.1, 0.15) is 138 Å². The Bertz CT molecular complexity index is 2270. The molecule has 1 aromatic heterocycles. The first kappa shape index (κ1) is 62.5. The van der Waals surface area contributed by atoms with Crippen molar-refractivity contribution in [3.05, 3.63) is 41.7 Å². The van der Waals surface area contributed by atoms with Gasteiger partial charge in [-0.05, 0) is 130 Å². The molecule has 0 spiro atoms. The van der Waals surface area contributed by atoms with E-state index in [0.29, 0.717) is 31.6 Å². The van der Waals surface area contributed by atoms with Crippen molar-refractivity contribution in [3.63, 3.8) is 0 Å². The average Bonchev–Trinajstić information content (AvgIpc) is 4.08. The number of alkyl halides is 1. The van der Waals surface area contributed by atoms with Crippen molar-refractivity contribution in [1.82, 2.24) is 24.8 Å². The Labute approximate surface area is 452 Å². The van der Waals surface area contributed by atoms with E-state index in [2.05, 4.69) is 10.3 Å². The number of carbonyl (C=O) groups excluding carboxylic acids is 1. The number of esters is 1. The summed E-state index contributed by atoms with van der Waals surface area (Å²) in [5.41, 5.74) is -3.14. The van der Waals surface area contributed by atoms with E-state index in [0.717, 1.165) is 31.2 Å². The van der Waals surface area contributed by atoms with Crippen molar-refractivity contribution >= 4 is 15.8 Å². The normalized spacial score (nSPS) is 39.6. The van der Waals surface area contributed by atoms with Crippen LogP contribution in [0.2, 0.25) is 0 Å². The zero-order valence-corrected chi connectivity index (χ0v) is 48.4. The largest absolute Gasteiger partial charge is 0.459 e. The van der Waals surface area contributed by atoms with Gasteiger partial charge in [0.2, 0.25) is 0 Å². The molecule has 2 aromatic rings. The van der Waals surface area contributed by atoms with Gasteiger partial charge in [0.15, 0.2) is 16.1 Å². The number of sulfone groups is 1. The van der Waals surface area contributed by atoms with E-state index in [1.807, 2.05) is 44.7 Å². The minimum absolute atomic E-state index is 0.151. The highest BCUT2D eigenvalue weighted by atomic mass is 32.2. The van der Waals surface area contributed by atoms with Crippen LogP contribution in [-0.2, 0) is 51.2 Å². The molecule has 1 unspecified atom stereocenters. The second kappa shape index (κ2) is 25.8. The zero-order chi connectivity index (χ0) is 56.2. The fourth-order valence-corrected chi connectivity index (χ4v) is 14.9. The minimum Gasteiger partial charge on any atom is -0.459 e. The number of aromatic nitrogens is 3. The van der Waals surface area contributed by atoms with Gasteiger partial charge in [-0.3, -0.25) is 4.79 Å². The predicted octanol–water partition coefficient (Wildman–Crippen LogP) is 5.10. The molecule has 1 aromatic carbocycles. The molecule has 76 heavy (non-hydrogen) atoms. The number of hydrogen-bond donors (Lipinski definition) is 5. The Morgan fingerprint density at radius 2 is 1.63 bits per heavy atom. The number of aliphatic hydroxyl groups is 5. The maximum atomic E-state index is 14.6. The van der Waals surface area contributed by atoms with Crippen molar-refractivity contribution in [2.24, 2.45) is 29.6 Å². The van der Waals surface area contributed by atoms with Gasteiger partial charge in [0, 0.05) is 57.2 Å². The first-order valence-electron chi connectivity index (χ1n) is 28.0. The molecule has 6 rings (SSSR count). The maximum absolute atomic E-state index is 14.6. The SMILES string of the molecule is CC[C@H]1OC(=O)[C@H](C)C([C@H]2C[C@@](C)(OC)[C@@H](O)[C@H](C)O2)[C@H](C)[C@@H](O[C@@H]2O[C@H](C)C[C@H](N(C)CCc3cn([C@H](CF)Cc4ccc(S(=O)(=O)CC5CCCC5)cc4)nn3)[C@H]2O)[C@](C)(O)C[C@@H](C)CN(C)[C@H](C)[C@@H](O)[C@]1(C)O. The molecule has 0 radical (unpaired) electrons. The van der Waals surface area contributed by atoms with Crippen molar-refractivity contribution in [2.75, 3.05) is 46.7 Å². The van der Waals surface area contributed by atoms with E-state index in [-0.39, 0.29) is 48.2 Å². The van der Waals surface area contributed by atoms with Crippen molar-refractivity contribution < 1.29 is 66.8 Å². The third-order valence-electron chi connectivity index (χ3n) is 18.0. The van der Waals surface area contributed by atoms with E-state index in [1.54, 1.807) is 72.0 Å². The number of cyclic esters (lactones) is 1. The van der Waals surface area contributed by atoms with Crippen LogP contribution in [-0.4, -0.2) is 195 Å². The summed E-state index contributed by atoms with van der Waals surface area (Å²) >= 11 is 0. The average molecular weight is 1100 g/mol. The van der Waals surface area contributed by atoms with Gasteiger partial charge in [0.25, 0.3) is 0 Å². The molecule has 3 aliphatic heterocycles. The number of carbonyl (C=O) groups is 1. The standard InChI is InChI=1S/C56H94FN5O13S/c1-14-46-56(10,68)49(64)37(6)61(12)30-33(2)27-54(8,67)51(35(4)47(36(5)52(66)74-46)45-28-55(9,71-13)50(65)38(7)73-45)75-53-48(63)44(25-34(3)72-53)60(11)24-23-41-31-62(59-58-41)42(29-57)26-39-19-21-43(22-20-39)76(69,70)32-40-17-15-16-18-40/h19-22,31,33-38,40,42,44-51,53,63-65,67-68H,14-18,23-30,32H2,1-13H3/t33-,34-,35+,36-,37-,38+,42+,44+,45-,46-,47?,48-,49-,50+,51-,53+,54-,55-,56-/m1/s1. The number of methoxy groups -OCH3 is 1. The van der Waals surface area contributed by atoms with E-state index in [9.17, 15) is 43.1 Å². The van der Waals surface area contributed by atoms with Crippen LogP contribution in [0.5, 0.6) is 0 Å². The fourth-order valence-electron chi connectivity index (χ4n) is 13.2. The fraction of sp³-hybridized carbons (Fsp3) is 0.839. The Kier molecular flexibility index (Phi) is 21.2. The lowest BCUT2D eigenvalue weighted by atomic mass is 9.68. The van der Waals surface area contributed by atoms with Crippen LogP contribution in [0.15, 0.2) is 35.4 Å². The second-order valence-electron chi connectivity index (χ2n) is 24.3. The molecule has 5 N–H and O–H groups in total. The molecule has 20 heteroatoms. The summed E-state index contributed by atoms with van der Waals surface area (Å²) in [6, 6.07) is 4.98. The summed E-state index contributed by atoms with van der Waals surface area (Å²) in [6.45, 7) is 17.9. The van der Waals surface area contributed by atoms with Gasteiger partial charge in [-0.15, -0.1) is 5.10 Å². The van der Waals surface area contributed by atoms with Crippen LogP contribution in [0.4, 0.5) is 4.39 Å². The number of halogens is 1. The van der Waals surface area contributed by atoms with Gasteiger partial charge in [-0.1, -0.05) is 57.9 Å². The number of benzene rings is 1. The molecule has 4 fully saturated rings. The van der Waals surface area contributed by atoms with E-state index in [1.165, 1.54) is 18.7 Å². The zero-order valence-electron chi connectivity index (χ0n) is 47.6. The molecule has 0 amide bonds. The molecule has 19 atom stereocenters. The summed E-state index contributed by atoms with van der Waals surface area (Å²) in [5.74, 6) is -2.94. The number of likely N-dealkylation sites (N-methyl/N-ethyl adjacent to an activating group) is 2. The third-order valence-corrected chi connectivity index (χ3v) is 19.9. The highest BCUT2D eigenvalue weighted by Crippen LogP contribution is 2.45. The third kappa shape index (κ3) is 14.4. The molecule has 3 saturated heterocycles. The Morgan fingerprint density at radius 1 is 0.974 bits per heavy atom. The molecule has 18 nitrogen and oxygen atoms in total. The van der Waals surface area contributed by atoms with Gasteiger partial charge in [0.05, 0.1) is 63.9 Å². The van der Waals surface area contributed by atoms with E-state index in [4.69, 9.17) is 23.7 Å². The highest BCUT2D eigenvalue weighted by Gasteiger charge is 2.55. The number of nitrogens with zero attached hydrogens (tertiary/aromatic N) is 5. The van der Waals surface area contributed by atoms with Crippen LogP contribution >= 0.6 is 0 Å². The van der Waals surface area contributed by atoms with Gasteiger partial charge >= 0.3 is 5.97 Å². The molecule has 1 aliphatic carbocycles. The summed E-state index contributed by atoms with van der Waals surface area (Å²) < 4.78 is 74.5. The molecule has 434 valence electrons. The lowest BCUT2D eigenvalue weighted by Gasteiger charge is -2.51. The van der Waals surface area contributed by atoms with Gasteiger partial charge in [-0.2, -0.15) is 0 Å². The molecule has 4 aliphatic rings. The van der Waals surface area contributed by atoms with Crippen molar-refractivity contribution in [3.8, 4) is 0 Å². The summed E-state index contributed by atoms with van der Waals surface area (Å²) in [5, 5.41) is 68.9. The first-order valence-corrected chi connectivity index (χ1v) is 29.6. The molecule has 4 heterocycles. The van der Waals surface area contributed by atoms with Gasteiger partial charge in [-0.25, -0.2) is 17.5 Å². The van der Waals surface area contributed by atoms with Crippen LogP contribution < -0.4 is 0 Å². The number of hydrogen-bond acceptors (Lipinski definition) is 17. The van der Waals surface area contributed by atoms with Crippen LogP contribution in [0.25, 0.3) is 0 Å². The Hall–Kier alpha value is -2.73. The number of ether oxygens (including phenoxy) is 5. The minimum atomic E-state index is -3.41. The number of rotatable bonds is 16. The summed E-state index contributed by atoms with van der Waals surface area (Å²) in [7, 11) is 1.83. The molecular formula is C56H94FN5O13S. The highest BCUT2D eigenvalue weighted by molar-refractivity contribution is 7.91. The number of aliphatic hydroxyl groups excluding tert-OH is 3. The topological polar surface area (TPSA) is 236 Å². The van der Waals surface area contributed by atoms with Crippen molar-refractivity contribution in [1.29, 1.82) is 0 Å². The monoisotopic (exact) mass is 1100 g/mol. The van der Waals surface area contributed by atoms with E-state index < -0.39 is 130 Å². The quantitative estimate of drug-likeness (QED) is 0.138. The van der Waals surface area contributed by atoms with Gasteiger partial charge in [0.1, 0.15) is 36.7 Å². The van der Waals surface area contributed by atoms with Crippen LogP contribution in [0.3, 0.4) is 0 Å². The smallest absolute Gasteiger partial charge is 0.309 e. The maximum Gasteiger partial charge on any atom is 0.309 e. The summed E-state index contributed by atoms with van der Waals surface area (Å²) in [4.78, 5) is 18.9. The molecule has 0 bridgehead atoms. The Balaban J connectivity index is 1.23. The van der Waals surface area contributed by atoms with Crippen LogP contribution in [0, 0.1) is 29.6 Å². The first-order chi connectivity index (χ1) is 35.6. The molecular weight excluding hydrogens is 1000 g/mol. The second-order valence-corrected chi connectivity index (χ2v) is 26.3. The predicted molar refractivity (Wildman–Crippen MR) is 285 cm³/mol.